The first kappa shape index (κ1) is 14.2. The van der Waals surface area contributed by atoms with Gasteiger partial charge >= 0.3 is 5.97 Å². The highest BCUT2D eigenvalue weighted by Crippen LogP contribution is 2.13. The molecule has 0 aliphatic rings. The molecule has 1 amide bonds. The Morgan fingerprint density at radius 1 is 1.33 bits per heavy atom. The lowest BCUT2D eigenvalue weighted by Gasteiger charge is -2.04. The summed E-state index contributed by atoms with van der Waals surface area (Å²) in [6.07, 6.45) is 0.939. The van der Waals surface area contributed by atoms with E-state index in [9.17, 15) is 9.59 Å². The zero-order valence-corrected chi connectivity index (χ0v) is 11.0. The van der Waals surface area contributed by atoms with Gasteiger partial charge in [-0.2, -0.15) is 5.10 Å². The summed E-state index contributed by atoms with van der Waals surface area (Å²) in [5.41, 5.74) is 3.09. The normalized spacial score (nSPS) is 10.4. The molecule has 0 unspecified atom stereocenters. The summed E-state index contributed by atoms with van der Waals surface area (Å²) >= 11 is 0. The van der Waals surface area contributed by atoms with Crippen molar-refractivity contribution in [1.29, 1.82) is 0 Å². The first-order valence-electron chi connectivity index (χ1n) is 5.89. The molecule has 0 saturated carbocycles. The SMILES string of the molecule is Cc1nn(C)c(C)c1CCC(=O)NCCC(=O)O. The first-order chi connectivity index (χ1) is 8.41. The van der Waals surface area contributed by atoms with Crippen molar-refractivity contribution in [3.05, 3.63) is 17.0 Å². The number of rotatable bonds is 6. The zero-order chi connectivity index (χ0) is 13.7. The van der Waals surface area contributed by atoms with Gasteiger partial charge < -0.3 is 10.4 Å². The molecule has 0 spiro atoms. The highest BCUT2D eigenvalue weighted by Gasteiger charge is 2.11. The summed E-state index contributed by atoms with van der Waals surface area (Å²) in [7, 11) is 1.87. The van der Waals surface area contributed by atoms with Crippen LogP contribution in [-0.4, -0.2) is 33.3 Å². The Morgan fingerprint density at radius 3 is 2.50 bits per heavy atom. The Labute approximate surface area is 106 Å². The van der Waals surface area contributed by atoms with Gasteiger partial charge in [-0.3, -0.25) is 14.3 Å². The smallest absolute Gasteiger partial charge is 0.305 e. The fraction of sp³-hybridized carbons (Fsp3) is 0.583. The monoisotopic (exact) mass is 253 g/mol. The molecule has 0 fully saturated rings. The van der Waals surface area contributed by atoms with Gasteiger partial charge in [0.05, 0.1) is 12.1 Å². The lowest BCUT2D eigenvalue weighted by atomic mass is 10.1. The van der Waals surface area contributed by atoms with E-state index in [4.69, 9.17) is 5.11 Å². The number of hydrogen-bond acceptors (Lipinski definition) is 3. The summed E-state index contributed by atoms with van der Waals surface area (Å²) in [6, 6.07) is 0. The van der Waals surface area contributed by atoms with Gasteiger partial charge in [0, 0.05) is 25.7 Å². The van der Waals surface area contributed by atoms with Crippen molar-refractivity contribution in [2.45, 2.75) is 33.1 Å². The van der Waals surface area contributed by atoms with Crippen molar-refractivity contribution < 1.29 is 14.7 Å². The molecule has 18 heavy (non-hydrogen) atoms. The van der Waals surface area contributed by atoms with Gasteiger partial charge in [0.25, 0.3) is 0 Å². The predicted molar refractivity (Wildman–Crippen MR) is 66.3 cm³/mol. The number of carboxylic acids is 1. The van der Waals surface area contributed by atoms with E-state index in [2.05, 4.69) is 10.4 Å². The van der Waals surface area contributed by atoms with Crippen molar-refractivity contribution in [3.63, 3.8) is 0 Å². The number of aliphatic carboxylic acids is 1. The average molecular weight is 253 g/mol. The van der Waals surface area contributed by atoms with Gasteiger partial charge in [-0.15, -0.1) is 0 Å². The topological polar surface area (TPSA) is 84.2 Å². The van der Waals surface area contributed by atoms with Crippen molar-refractivity contribution >= 4 is 11.9 Å². The summed E-state index contributed by atoms with van der Waals surface area (Å²) in [4.78, 5) is 21.8. The number of carbonyl (C=O) groups excluding carboxylic acids is 1. The molecule has 6 nitrogen and oxygen atoms in total. The molecule has 6 heteroatoms. The summed E-state index contributed by atoms with van der Waals surface area (Å²) < 4.78 is 1.80. The van der Waals surface area contributed by atoms with Gasteiger partial charge in [-0.25, -0.2) is 0 Å². The third kappa shape index (κ3) is 3.87. The minimum Gasteiger partial charge on any atom is -0.481 e. The maximum atomic E-state index is 11.5. The minimum atomic E-state index is -0.908. The number of nitrogens with zero attached hydrogens (tertiary/aromatic N) is 2. The number of carboxylic acid groups (broad SMARTS) is 1. The molecule has 2 N–H and O–H groups in total. The van der Waals surface area contributed by atoms with Crippen LogP contribution in [0.3, 0.4) is 0 Å². The van der Waals surface area contributed by atoms with Gasteiger partial charge in [0.2, 0.25) is 5.91 Å². The van der Waals surface area contributed by atoms with E-state index in [0.29, 0.717) is 12.8 Å². The number of aryl methyl sites for hydroxylation is 2. The van der Waals surface area contributed by atoms with Crippen LogP contribution in [0.25, 0.3) is 0 Å². The number of carbonyl (C=O) groups is 2. The molecule has 0 aliphatic heterocycles. The molecule has 0 aromatic carbocycles. The standard InChI is InChI=1S/C12H19N3O3/c1-8-10(9(2)15(3)14-8)4-5-11(16)13-7-6-12(17)18/h4-7H2,1-3H3,(H,13,16)(H,17,18). The van der Waals surface area contributed by atoms with Gasteiger partial charge in [-0.1, -0.05) is 0 Å². The Bertz CT molecular complexity index is 452. The predicted octanol–water partition coefficient (Wildman–Crippen LogP) is 0.560. The molecule has 0 atom stereocenters. The van der Waals surface area contributed by atoms with E-state index in [1.165, 1.54) is 0 Å². The van der Waals surface area contributed by atoms with Crippen LogP contribution in [0.1, 0.15) is 29.8 Å². The highest BCUT2D eigenvalue weighted by atomic mass is 16.4. The summed E-state index contributed by atoms with van der Waals surface area (Å²) in [6.45, 7) is 4.07. The van der Waals surface area contributed by atoms with Crippen LogP contribution in [0.4, 0.5) is 0 Å². The summed E-state index contributed by atoms with van der Waals surface area (Å²) in [5.74, 6) is -1.03. The zero-order valence-electron chi connectivity index (χ0n) is 11.0. The largest absolute Gasteiger partial charge is 0.481 e. The number of nitrogens with one attached hydrogen (secondary N) is 1. The maximum Gasteiger partial charge on any atom is 0.305 e. The maximum absolute atomic E-state index is 11.5. The van der Waals surface area contributed by atoms with E-state index in [1.54, 1.807) is 4.68 Å². The third-order valence-electron chi connectivity index (χ3n) is 2.92. The van der Waals surface area contributed by atoms with Crippen LogP contribution >= 0.6 is 0 Å². The van der Waals surface area contributed by atoms with Crippen LogP contribution in [-0.2, 0) is 23.1 Å². The van der Waals surface area contributed by atoms with Gasteiger partial charge in [-0.05, 0) is 25.8 Å². The number of amides is 1. The molecular formula is C12H19N3O3. The number of hydrogen-bond donors (Lipinski definition) is 2. The van der Waals surface area contributed by atoms with Crippen molar-refractivity contribution in [2.75, 3.05) is 6.54 Å². The van der Waals surface area contributed by atoms with E-state index < -0.39 is 5.97 Å². The van der Waals surface area contributed by atoms with Crippen LogP contribution < -0.4 is 5.32 Å². The van der Waals surface area contributed by atoms with Crippen LogP contribution in [0.15, 0.2) is 0 Å². The molecule has 0 aliphatic carbocycles. The number of aromatic nitrogens is 2. The fourth-order valence-electron chi connectivity index (χ4n) is 1.82. The van der Waals surface area contributed by atoms with Crippen LogP contribution in [0.5, 0.6) is 0 Å². The van der Waals surface area contributed by atoms with E-state index in [0.717, 1.165) is 17.0 Å². The van der Waals surface area contributed by atoms with E-state index in [-0.39, 0.29) is 18.9 Å². The molecule has 1 heterocycles. The lowest BCUT2D eigenvalue weighted by Crippen LogP contribution is -2.26. The van der Waals surface area contributed by atoms with Gasteiger partial charge in [0.15, 0.2) is 0 Å². The van der Waals surface area contributed by atoms with Crippen molar-refractivity contribution in [3.8, 4) is 0 Å². The molecular weight excluding hydrogens is 234 g/mol. The molecule has 0 radical (unpaired) electrons. The molecule has 1 aromatic heterocycles. The van der Waals surface area contributed by atoms with Crippen LogP contribution in [0, 0.1) is 13.8 Å². The van der Waals surface area contributed by atoms with Crippen molar-refractivity contribution in [1.82, 2.24) is 15.1 Å². The van der Waals surface area contributed by atoms with E-state index in [1.807, 2.05) is 20.9 Å². The second kappa shape index (κ2) is 6.18. The second-order valence-corrected chi connectivity index (χ2v) is 4.27. The molecule has 1 rings (SSSR count). The second-order valence-electron chi connectivity index (χ2n) is 4.27. The lowest BCUT2D eigenvalue weighted by molar-refractivity contribution is -0.136. The first-order valence-corrected chi connectivity index (χ1v) is 5.89. The third-order valence-corrected chi connectivity index (χ3v) is 2.92. The Balaban J connectivity index is 2.40. The Morgan fingerprint density at radius 2 is 2.00 bits per heavy atom. The quantitative estimate of drug-likeness (QED) is 0.776. The van der Waals surface area contributed by atoms with E-state index >= 15 is 0 Å². The van der Waals surface area contributed by atoms with Gasteiger partial charge in [0.1, 0.15) is 0 Å². The summed E-state index contributed by atoms with van der Waals surface area (Å²) in [5, 5.41) is 15.3. The molecule has 100 valence electrons. The van der Waals surface area contributed by atoms with Crippen LogP contribution in [0.2, 0.25) is 0 Å². The van der Waals surface area contributed by atoms with Crippen molar-refractivity contribution in [2.24, 2.45) is 7.05 Å². The average Bonchev–Trinajstić information content (AvgIpc) is 2.50. The molecule has 0 bridgehead atoms. The molecule has 0 saturated heterocycles. The highest BCUT2D eigenvalue weighted by molar-refractivity contribution is 5.77. The fourth-order valence-corrected chi connectivity index (χ4v) is 1.82. The molecule has 1 aromatic rings. The Kier molecular flexibility index (Phi) is 4.88. The minimum absolute atomic E-state index is 0.0450. The Hall–Kier alpha value is -1.85.